The van der Waals surface area contributed by atoms with Crippen molar-refractivity contribution in [1.82, 2.24) is 15.5 Å². The molecule has 2 fully saturated rings. The number of fused-ring (bicyclic) bond motifs is 1. The molecule has 7 nitrogen and oxygen atoms in total. The molecule has 0 radical (unpaired) electrons. The maximum absolute atomic E-state index is 12.8. The fourth-order valence-corrected chi connectivity index (χ4v) is 4.60. The lowest BCUT2D eigenvalue weighted by Crippen LogP contribution is -2.52. The van der Waals surface area contributed by atoms with Crippen LogP contribution >= 0.6 is 0 Å². The Morgan fingerprint density at radius 1 is 1.18 bits per heavy atom. The topological polar surface area (TPSA) is 87.7 Å². The van der Waals surface area contributed by atoms with Gasteiger partial charge in [0.1, 0.15) is 6.04 Å². The summed E-state index contributed by atoms with van der Waals surface area (Å²) in [6.07, 6.45) is 5.56. The van der Waals surface area contributed by atoms with E-state index in [4.69, 9.17) is 4.74 Å². The van der Waals surface area contributed by atoms with Crippen molar-refractivity contribution < 1.29 is 19.1 Å². The summed E-state index contributed by atoms with van der Waals surface area (Å²) in [4.78, 5) is 37.9. The average molecular weight is 385 g/mol. The van der Waals surface area contributed by atoms with Crippen molar-refractivity contribution >= 4 is 17.7 Å². The van der Waals surface area contributed by atoms with Gasteiger partial charge in [-0.3, -0.25) is 19.7 Å². The average Bonchev–Trinajstić information content (AvgIpc) is 3.02. The molecule has 150 valence electrons. The van der Waals surface area contributed by atoms with Crippen LogP contribution in [0.5, 0.6) is 0 Å². The van der Waals surface area contributed by atoms with Gasteiger partial charge in [-0.25, -0.2) is 0 Å². The van der Waals surface area contributed by atoms with Crippen LogP contribution in [-0.4, -0.2) is 47.9 Å². The Morgan fingerprint density at radius 2 is 2.00 bits per heavy atom. The van der Waals surface area contributed by atoms with Crippen molar-refractivity contribution in [3.05, 3.63) is 34.9 Å². The van der Waals surface area contributed by atoms with Gasteiger partial charge in [-0.2, -0.15) is 0 Å². The lowest BCUT2D eigenvalue weighted by atomic mass is 9.92. The summed E-state index contributed by atoms with van der Waals surface area (Å²) >= 11 is 0. The first-order valence-corrected chi connectivity index (χ1v) is 10.1. The summed E-state index contributed by atoms with van der Waals surface area (Å²) in [5, 5.41) is 5.94. The minimum absolute atomic E-state index is 0.129. The number of nitrogens with zero attached hydrogens (tertiary/aromatic N) is 1. The van der Waals surface area contributed by atoms with Crippen LogP contribution in [0.4, 0.5) is 0 Å². The van der Waals surface area contributed by atoms with Gasteiger partial charge in [-0.1, -0.05) is 25.0 Å². The smallest absolute Gasteiger partial charge is 0.255 e. The number of carbonyl (C=O) groups is 3. The largest absolute Gasteiger partial charge is 0.380 e. The zero-order valence-electron chi connectivity index (χ0n) is 16.2. The highest BCUT2D eigenvalue weighted by Crippen LogP contribution is 2.28. The Hall–Kier alpha value is -2.25. The number of hydrogen-bond acceptors (Lipinski definition) is 5. The van der Waals surface area contributed by atoms with E-state index < -0.39 is 6.04 Å². The van der Waals surface area contributed by atoms with Crippen molar-refractivity contribution in [1.29, 1.82) is 0 Å². The number of amides is 3. The minimum Gasteiger partial charge on any atom is -0.380 e. The van der Waals surface area contributed by atoms with E-state index >= 15 is 0 Å². The van der Waals surface area contributed by atoms with E-state index in [1.807, 2.05) is 12.1 Å². The van der Waals surface area contributed by atoms with E-state index in [0.717, 1.165) is 30.5 Å². The lowest BCUT2D eigenvalue weighted by Gasteiger charge is -2.31. The van der Waals surface area contributed by atoms with Gasteiger partial charge in [0, 0.05) is 38.2 Å². The first-order valence-electron chi connectivity index (χ1n) is 10.1. The number of hydrogen-bond donors (Lipinski definition) is 2. The minimum atomic E-state index is -0.566. The standard InChI is InChI=1S/C21H27N3O4/c1-28-18-5-3-2-4-16(18)22-11-13-6-7-15-14(10-13)12-24(21(15)27)17-8-9-19(25)23-20(17)26/h6-7,10,16-18,22H,2-5,8-9,11-12H2,1H3,(H,23,25,26)/t16-,17?,18-/m1/s1. The summed E-state index contributed by atoms with van der Waals surface area (Å²) < 4.78 is 5.60. The molecule has 28 heavy (non-hydrogen) atoms. The maximum Gasteiger partial charge on any atom is 0.255 e. The third kappa shape index (κ3) is 3.69. The Balaban J connectivity index is 1.42. The predicted molar refractivity (Wildman–Crippen MR) is 102 cm³/mol. The van der Waals surface area contributed by atoms with Gasteiger partial charge in [-0.15, -0.1) is 0 Å². The number of ether oxygens (including phenoxy) is 1. The Kier molecular flexibility index (Phi) is 5.46. The molecule has 2 aliphatic heterocycles. The first kappa shape index (κ1) is 19.1. The first-order chi connectivity index (χ1) is 13.6. The molecular weight excluding hydrogens is 358 g/mol. The molecule has 4 rings (SSSR count). The molecule has 3 aliphatic rings. The van der Waals surface area contributed by atoms with Crippen molar-refractivity contribution in [3.8, 4) is 0 Å². The van der Waals surface area contributed by atoms with Crippen molar-refractivity contribution in [2.75, 3.05) is 7.11 Å². The zero-order valence-corrected chi connectivity index (χ0v) is 16.2. The van der Waals surface area contributed by atoms with Crippen LogP contribution in [0.15, 0.2) is 18.2 Å². The quantitative estimate of drug-likeness (QED) is 0.750. The number of nitrogens with one attached hydrogen (secondary N) is 2. The second-order valence-corrected chi connectivity index (χ2v) is 7.94. The molecule has 3 atom stereocenters. The number of benzene rings is 1. The van der Waals surface area contributed by atoms with Crippen LogP contribution in [0, 0.1) is 0 Å². The van der Waals surface area contributed by atoms with Crippen molar-refractivity contribution in [2.24, 2.45) is 0 Å². The molecule has 0 aromatic heterocycles. The van der Waals surface area contributed by atoms with E-state index in [9.17, 15) is 14.4 Å². The van der Waals surface area contributed by atoms with E-state index in [2.05, 4.69) is 16.7 Å². The van der Waals surface area contributed by atoms with Crippen LogP contribution in [-0.2, 0) is 27.4 Å². The molecule has 1 saturated heterocycles. The summed E-state index contributed by atoms with van der Waals surface area (Å²) in [6.45, 7) is 1.14. The molecule has 2 heterocycles. The van der Waals surface area contributed by atoms with E-state index in [0.29, 0.717) is 24.6 Å². The van der Waals surface area contributed by atoms with E-state index in [1.54, 1.807) is 12.0 Å². The maximum atomic E-state index is 12.8. The van der Waals surface area contributed by atoms with Crippen LogP contribution in [0.3, 0.4) is 0 Å². The summed E-state index contributed by atoms with van der Waals surface area (Å²) in [5.74, 6) is -0.770. The number of methoxy groups -OCH3 is 1. The second-order valence-electron chi connectivity index (χ2n) is 7.94. The van der Waals surface area contributed by atoms with Crippen LogP contribution in [0.2, 0.25) is 0 Å². The monoisotopic (exact) mass is 385 g/mol. The summed E-state index contributed by atoms with van der Waals surface area (Å²) in [7, 11) is 1.77. The molecule has 1 saturated carbocycles. The highest BCUT2D eigenvalue weighted by Gasteiger charge is 2.39. The molecule has 7 heteroatoms. The van der Waals surface area contributed by atoms with Gasteiger partial charge >= 0.3 is 0 Å². The molecule has 1 unspecified atom stereocenters. The highest BCUT2D eigenvalue weighted by atomic mass is 16.5. The van der Waals surface area contributed by atoms with Crippen LogP contribution in [0.25, 0.3) is 0 Å². The van der Waals surface area contributed by atoms with Gasteiger partial charge in [0.05, 0.1) is 6.10 Å². The number of carbonyl (C=O) groups excluding carboxylic acids is 3. The van der Waals surface area contributed by atoms with Crippen LogP contribution in [0.1, 0.15) is 60.0 Å². The van der Waals surface area contributed by atoms with Gasteiger partial charge in [0.25, 0.3) is 5.91 Å². The Bertz CT molecular complexity index is 794. The third-order valence-corrected chi connectivity index (χ3v) is 6.16. The third-order valence-electron chi connectivity index (χ3n) is 6.16. The fraction of sp³-hybridized carbons (Fsp3) is 0.571. The van der Waals surface area contributed by atoms with Gasteiger partial charge < -0.3 is 15.0 Å². The fourth-order valence-electron chi connectivity index (χ4n) is 4.60. The molecule has 1 aromatic carbocycles. The number of rotatable bonds is 5. The molecule has 1 aliphatic carbocycles. The molecule has 1 aromatic rings. The predicted octanol–water partition coefficient (Wildman–Crippen LogP) is 1.49. The number of imide groups is 1. The van der Waals surface area contributed by atoms with Gasteiger partial charge in [0.15, 0.2) is 0 Å². The van der Waals surface area contributed by atoms with E-state index in [-0.39, 0.29) is 30.2 Å². The number of piperidine rings is 1. The SMILES string of the molecule is CO[C@@H]1CCCC[C@H]1NCc1ccc2c(c1)CN(C1CCC(=O)NC1=O)C2=O. The van der Waals surface area contributed by atoms with Crippen molar-refractivity contribution in [2.45, 2.75) is 69.8 Å². The zero-order chi connectivity index (χ0) is 19.7. The summed E-state index contributed by atoms with van der Waals surface area (Å²) in [5.41, 5.74) is 2.72. The normalized spacial score (nSPS) is 27.7. The Labute approximate surface area is 164 Å². The van der Waals surface area contributed by atoms with Gasteiger partial charge in [0.2, 0.25) is 11.8 Å². The van der Waals surface area contributed by atoms with E-state index in [1.165, 1.54) is 12.8 Å². The van der Waals surface area contributed by atoms with Crippen molar-refractivity contribution in [3.63, 3.8) is 0 Å². The molecule has 2 N–H and O–H groups in total. The molecule has 0 spiro atoms. The lowest BCUT2D eigenvalue weighted by molar-refractivity contribution is -0.136. The van der Waals surface area contributed by atoms with Crippen LogP contribution < -0.4 is 10.6 Å². The second kappa shape index (κ2) is 8.01. The highest BCUT2D eigenvalue weighted by molar-refractivity contribution is 6.05. The molecule has 0 bridgehead atoms. The summed E-state index contributed by atoms with van der Waals surface area (Å²) in [6, 6.07) is 5.67. The molecular formula is C21H27N3O4. The molecule has 3 amide bonds. The van der Waals surface area contributed by atoms with Gasteiger partial charge in [-0.05, 0) is 36.5 Å². The Morgan fingerprint density at radius 3 is 2.79 bits per heavy atom.